The van der Waals surface area contributed by atoms with Crippen LogP contribution in [0.3, 0.4) is 0 Å². The number of nitrogens with zero attached hydrogens (tertiary/aromatic N) is 1. The molecule has 1 heterocycles. The third-order valence-electron chi connectivity index (χ3n) is 4.82. The Morgan fingerprint density at radius 1 is 1.21 bits per heavy atom. The number of rotatable bonds is 10. The van der Waals surface area contributed by atoms with Crippen molar-refractivity contribution >= 4 is 29.7 Å². The molecule has 0 saturated carbocycles. The Morgan fingerprint density at radius 3 is 2.39 bits per heavy atom. The van der Waals surface area contributed by atoms with Crippen LogP contribution in [-0.4, -0.2) is 76.0 Å². The number of amides is 3. The van der Waals surface area contributed by atoms with E-state index in [1.165, 1.54) is 4.90 Å². The summed E-state index contributed by atoms with van der Waals surface area (Å²) in [4.78, 5) is 59.8. The Kier molecular flexibility index (Phi) is 8.83. The van der Waals surface area contributed by atoms with Crippen LogP contribution >= 0.6 is 0 Å². The summed E-state index contributed by atoms with van der Waals surface area (Å²) in [5.74, 6) is -4.60. The van der Waals surface area contributed by atoms with E-state index < -0.39 is 54.8 Å². The number of hydrogen-bond acceptors (Lipinski definition) is 6. The van der Waals surface area contributed by atoms with Crippen molar-refractivity contribution in [2.24, 2.45) is 11.7 Å². The first-order chi connectivity index (χ1) is 13.1. The fourth-order valence-corrected chi connectivity index (χ4v) is 2.90. The number of hydrogen-bond donors (Lipinski definition) is 5. The van der Waals surface area contributed by atoms with Gasteiger partial charge in [-0.25, -0.2) is 4.79 Å². The highest BCUT2D eigenvalue weighted by molar-refractivity contribution is 5.93. The Balaban J connectivity index is 2.61. The first-order valence-electron chi connectivity index (χ1n) is 9.16. The first-order valence-corrected chi connectivity index (χ1v) is 9.16. The SMILES string of the molecule is CCC(C)C(N)C(=O)N1CCCC1C(=O)NCC(=O)NC(CC(=O)O)C(=O)O. The summed E-state index contributed by atoms with van der Waals surface area (Å²) in [6.07, 6.45) is 0.998. The number of carboxylic acid groups (broad SMARTS) is 2. The van der Waals surface area contributed by atoms with E-state index in [0.29, 0.717) is 19.4 Å². The molecule has 1 saturated heterocycles. The van der Waals surface area contributed by atoms with Crippen molar-refractivity contribution < 1.29 is 34.2 Å². The van der Waals surface area contributed by atoms with Crippen molar-refractivity contribution in [2.45, 2.75) is 57.7 Å². The number of nitrogens with one attached hydrogen (secondary N) is 2. The van der Waals surface area contributed by atoms with Gasteiger partial charge in [-0.3, -0.25) is 19.2 Å². The van der Waals surface area contributed by atoms with E-state index in [1.54, 1.807) is 0 Å². The van der Waals surface area contributed by atoms with Crippen LogP contribution in [0.4, 0.5) is 0 Å². The van der Waals surface area contributed by atoms with Crippen LogP contribution in [0.2, 0.25) is 0 Å². The van der Waals surface area contributed by atoms with E-state index in [-0.39, 0.29) is 11.8 Å². The molecule has 4 atom stereocenters. The molecule has 0 radical (unpaired) electrons. The minimum absolute atomic E-state index is 0.0372. The standard InChI is InChI=1S/C17H28N4O7/c1-3-9(2)14(18)16(26)21-6-4-5-11(21)15(25)19-8-12(22)20-10(17(27)28)7-13(23)24/h9-11,14H,3-8,18H2,1-2H3,(H,19,25)(H,20,22)(H,23,24)(H,27,28). The third-order valence-corrected chi connectivity index (χ3v) is 4.82. The van der Waals surface area contributed by atoms with Crippen molar-refractivity contribution in [2.75, 3.05) is 13.1 Å². The summed E-state index contributed by atoms with van der Waals surface area (Å²) in [5.41, 5.74) is 5.97. The fourth-order valence-electron chi connectivity index (χ4n) is 2.90. The molecular weight excluding hydrogens is 372 g/mol. The van der Waals surface area contributed by atoms with Crippen LogP contribution < -0.4 is 16.4 Å². The minimum atomic E-state index is -1.60. The molecule has 6 N–H and O–H groups in total. The van der Waals surface area contributed by atoms with Crippen LogP contribution in [0, 0.1) is 5.92 Å². The number of carbonyl (C=O) groups excluding carboxylic acids is 3. The van der Waals surface area contributed by atoms with Gasteiger partial charge in [-0.2, -0.15) is 0 Å². The van der Waals surface area contributed by atoms with Gasteiger partial charge in [0, 0.05) is 6.54 Å². The maximum absolute atomic E-state index is 12.5. The Labute approximate surface area is 162 Å². The van der Waals surface area contributed by atoms with Gasteiger partial charge in [-0.15, -0.1) is 0 Å². The zero-order valence-corrected chi connectivity index (χ0v) is 16.0. The average Bonchev–Trinajstić information content (AvgIpc) is 3.13. The lowest BCUT2D eigenvalue weighted by atomic mass is 9.98. The van der Waals surface area contributed by atoms with Gasteiger partial charge in [0.05, 0.1) is 19.0 Å². The van der Waals surface area contributed by atoms with Crippen LogP contribution in [0.5, 0.6) is 0 Å². The van der Waals surface area contributed by atoms with Gasteiger partial charge in [-0.05, 0) is 18.8 Å². The van der Waals surface area contributed by atoms with Gasteiger partial charge in [0.1, 0.15) is 12.1 Å². The van der Waals surface area contributed by atoms with Crippen molar-refractivity contribution in [1.82, 2.24) is 15.5 Å². The molecule has 11 nitrogen and oxygen atoms in total. The zero-order chi connectivity index (χ0) is 21.4. The number of carboxylic acids is 2. The summed E-state index contributed by atoms with van der Waals surface area (Å²) in [6, 6.07) is -3.06. The van der Waals surface area contributed by atoms with Crippen LogP contribution in [0.25, 0.3) is 0 Å². The normalized spacial score (nSPS) is 19.4. The topological polar surface area (TPSA) is 179 Å². The second kappa shape index (κ2) is 10.6. The Hall–Kier alpha value is -2.69. The highest BCUT2D eigenvalue weighted by atomic mass is 16.4. The molecule has 0 spiro atoms. The lowest BCUT2D eigenvalue weighted by Crippen LogP contribution is -2.54. The molecular formula is C17H28N4O7. The maximum atomic E-state index is 12.5. The maximum Gasteiger partial charge on any atom is 0.326 e. The molecule has 158 valence electrons. The molecule has 4 unspecified atom stereocenters. The Morgan fingerprint density at radius 2 is 1.86 bits per heavy atom. The molecule has 1 fully saturated rings. The third kappa shape index (κ3) is 6.48. The van der Waals surface area contributed by atoms with Crippen molar-refractivity contribution in [3.63, 3.8) is 0 Å². The first kappa shape index (κ1) is 23.3. The molecule has 0 aromatic heterocycles. The van der Waals surface area contributed by atoms with E-state index in [9.17, 15) is 24.0 Å². The molecule has 3 amide bonds. The highest BCUT2D eigenvalue weighted by Gasteiger charge is 2.37. The summed E-state index contributed by atoms with van der Waals surface area (Å²) in [5, 5.41) is 22.0. The van der Waals surface area contributed by atoms with Gasteiger partial charge < -0.3 is 31.5 Å². The van der Waals surface area contributed by atoms with Crippen LogP contribution in [0.1, 0.15) is 39.5 Å². The lowest BCUT2D eigenvalue weighted by Gasteiger charge is -2.28. The highest BCUT2D eigenvalue weighted by Crippen LogP contribution is 2.20. The lowest BCUT2D eigenvalue weighted by molar-refractivity contribution is -0.147. The molecule has 0 aliphatic carbocycles. The predicted octanol–water partition coefficient (Wildman–Crippen LogP) is -1.49. The predicted molar refractivity (Wildman–Crippen MR) is 97.0 cm³/mol. The summed E-state index contributed by atoms with van der Waals surface area (Å²) in [6.45, 7) is 3.64. The van der Waals surface area contributed by atoms with E-state index >= 15 is 0 Å². The van der Waals surface area contributed by atoms with Crippen LogP contribution in [0.15, 0.2) is 0 Å². The smallest absolute Gasteiger partial charge is 0.326 e. The van der Waals surface area contributed by atoms with Crippen molar-refractivity contribution in [3.8, 4) is 0 Å². The molecule has 0 aromatic carbocycles. The van der Waals surface area contributed by atoms with Gasteiger partial charge in [0.15, 0.2) is 0 Å². The monoisotopic (exact) mass is 400 g/mol. The molecule has 1 aliphatic rings. The number of likely N-dealkylation sites (tertiary alicyclic amines) is 1. The molecule has 0 aromatic rings. The van der Waals surface area contributed by atoms with E-state index in [1.807, 2.05) is 19.2 Å². The summed E-state index contributed by atoms with van der Waals surface area (Å²) >= 11 is 0. The largest absolute Gasteiger partial charge is 0.481 e. The number of nitrogens with two attached hydrogens (primary N) is 1. The quantitative estimate of drug-likeness (QED) is 0.294. The number of carbonyl (C=O) groups is 5. The average molecular weight is 400 g/mol. The molecule has 1 rings (SSSR count). The fraction of sp³-hybridized carbons (Fsp3) is 0.706. The van der Waals surface area contributed by atoms with E-state index in [2.05, 4.69) is 5.32 Å². The van der Waals surface area contributed by atoms with Gasteiger partial charge in [0.25, 0.3) is 0 Å². The van der Waals surface area contributed by atoms with Gasteiger partial charge >= 0.3 is 11.9 Å². The summed E-state index contributed by atoms with van der Waals surface area (Å²) in [7, 11) is 0. The minimum Gasteiger partial charge on any atom is -0.481 e. The second-order valence-corrected chi connectivity index (χ2v) is 6.87. The van der Waals surface area contributed by atoms with Crippen molar-refractivity contribution in [3.05, 3.63) is 0 Å². The van der Waals surface area contributed by atoms with Crippen LogP contribution in [-0.2, 0) is 24.0 Å². The second-order valence-electron chi connectivity index (χ2n) is 6.87. The molecule has 11 heteroatoms. The molecule has 28 heavy (non-hydrogen) atoms. The van der Waals surface area contributed by atoms with Gasteiger partial charge in [-0.1, -0.05) is 20.3 Å². The molecule has 1 aliphatic heterocycles. The van der Waals surface area contributed by atoms with Crippen molar-refractivity contribution in [1.29, 1.82) is 0 Å². The zero-order valence-electron chi connectivity index (χ0n) is 16.0. The summed E-state index contributed by atoms with van der Waals surface area (Å²) < 4.78 is 0. The Bertz CT molecular complexity index is 625. The van der Waals surface area contributed by atoms with E-state index in [0.717, 1.165) is 6.42 Å². The van der Waals surface area contributed by atoms with E-state index in [4.69, 9.17) is 15.9 Å². The molecule has 0 bridgehead atoms. The van der Waals surface area contributed by atoms with Gasteiger partial charge in [0.2, 0.25) is 17.7 Å². The number of aliphatic carboxylic acids is 2.